The smallest absolute Gasteiger partial charge is 0.336 e. The third-order valence-corrected chi connectivity index (χ3v) is 5.80. The highest BCUT2D eigenvalue weighted by Crippen LogP contribution is 2.26. The molecule has 3 aromatic rings. The molecule has 1 aromatic heterocycles. The number of aryl methyl sites for hydroxylation is 1. The fourth-order valence-electron chi connectivity index (χ4n) is 4.15. The van der Waals surface area contributed by atoms with E-state index >= 15 is 0 Å². The van der Waals surface area contributed by atoms with Crippen molar-refractivity contribution in [2.75, 3.05) is 27.7 Å². The van der Waals surface area contributed by atoms with Crippen molar-refractivity contribution in [1.29, 1.82) is 0 Å². The van der Waals surface area contributed by atoms with Crippen molar-refractivity contribution in [1.82, 2.24) is 0 Å². The number of methoxy groups -OCH3 is 1. The molecule has 1 heterocycles. The van der Waals surface area contributed by atoms with Crippen LogP contribution in [0.4, 0.5) is 0 Å². The Morgan fingerprint density at radius 3 is 2.57 bits per heavy atom. The average Bonchev–Trinajstić information content (AvgIpc) is 2.69. The average molecular weight is 411 g/mol. The molecule has 30 heavy (non-hydrogen) atoms. The summed E-state index contributed by atoms with van der Waals surface area (Å²) < 4.78 is 10.9. The van der Waals surface area contributed by atoms with E-state index in [9.17, 15) is 4.79 Å². The molecule has 160 valence electrons. The lowest BCUT2D eigenvalue weighted by Crippen LogP contribution is -3.09. The van der Waals surface area contributed by atoms with Gasteiger partial charge in [0.2, 0.25) is 0 Å². The molecular weight excluding hydrogens is 376 g/mol. The van der Waals surface area contributed by atoms with Gasteiger partial charge in [-0.2, -0.15) is 0 Å². The van der Waals surface area contributed by atoms with E-state index in [0.717, 1.165) is 35.4 Å². The van der Waals surface area contributed by atoms with Crippen LogP contribution in [-0.2, 0) is 6.54 Å². The summed E-state index contributed by atoms with van der Waals surface area (Å²) in [5, 5.41) is 3.32. The number of nitrogens with one attached hydrogen (secondary N) is 1. The number of ether oxygens (including phenoxy) is 1. The van der Waals surface area contributed by atoms with E-state index in [2.05, 4.69) is 58.4 Å². The largest absolute Gasteiger partial charge is 0.497 e. The first-order valence-corrected chi connectivity index (χ1v) is 10.6. The zero-order valence-electron chi connectivity index (χ0n) is 18.9. The summed E-state index contributed by atoms with van der Waals surface area (Å²) in [5.74, 6) is 1.30. The third-order valence-electron chi connectivity index (χ3n) is 5.80. The Morgan fingerprint density at radius 2 is 1.90 bits per heavy atom. The summed E-state index contributed by atoms with van der Waals surface area (Å²) in [6, 6.07) is 14.4. The summed E-state index contributed by atoms with van der Waals surface area (Å²) >= 11 is 0. The van der Waals surface area contributed by atoms with Crippen LogP contribution in [0.15, 0.2) is 51.7 Å². The fourth-order valence-corrected chi connectivity index (χ4v) is 4.15. The Hall–Kier alpha value is -2.63. The number of likely N-dealkylation sites (N-methyl/N-ethyl adjacent to an activating group) is 1. The molecule has 0 spiro atoms. The molecule has 0 saturated heterocycles. The summed E-state index contributed by atoms with van der Waals surface area (Å²) in [4.78, 5) is 13.5. The van der Waals surface area contributed by atoms with Crippen LogP contribution in [0.3, 0.4) is 0 Å². The van der Waals surface area contributed by atoms with E-state index in [-0.39, 0.29) is 5.63 Å². The predicted molar refractivity (Wildman–Crippen MR) is 120 cm³/mol. The summed E-state index contributed by atoms with van der Waals surface area (Å²) in [7, 11) is 6.03. The van der Waals surface area contributed by atoms with E-state index in [1.165, 1.54) is 16.0 Å². The highest BCUT2D eigenvalue weighted by Gasteiger charge is 2.21. The van der Waals surface area contributed by atoms with Gasteiger partial charge < -0.3 is 19.4 Å². The molecule has 0 saturated carbocycles. The minimum absolute atomic E-state index is 0.287. The highest BCUT2D eigenvalue weighted by atomic mass is 16.5. The Kier molecular flexibility index (Phi) is 6.95. The Labute approximate surface area is 178 Å². The molecule has 0 aliphatic heterocycles. The predicted octanol–water partition coefficient (Wildman–Crippen LogP) is 2.18. The molecule has 3 rings (SSSR count). The van der Waals surface area contributed by atoms with Crippen molar-refractivity contribution in [3.8, 4) is 5.75 Å². The molecule has 0 aliphatic rings. The van der Waals surface area contributed by atoms with Gasteiger partial charge in [0.15, 0.2) is 6.04 Å². The minimum Gasteiger partial charge on any atom is -0.497 e. The van der Waals surface area contributed by atoms with Gasteiger partial charge in [-0.15, -0.1) is 0 Å². The lowest BCUT2D eigenvalue weighted by molar-refractivity contribution is -0.910. The number of benzene rings is 2. The highest BCUT2D eigenvalue weighted by molar-refractivity contribution is 5.82. The van der Waals surface area contributed by atoms with Crippen LogP contribution in [0.5, 0.6) is 5.75 Å². The van der Waals surface area contributed by atoms with Gasteiger partial charge in [-0.1, -0.05) is 26.0 Å². The summed E-state index contributed by atoms with van der Waals surface area (Å²) in [6.07, 6.45) is 0. The number of hydrogen-bond donors (Lipinski definition) is 2. The van der Waals surface area contributed by atoms with Gasteiger partial charge >= 0.3 is 5.63 Å². The van der Waals surface area contributed by atoms with Gasteiger partial charge in [0, 0.05) is 22.6 Å². The molecule has 0 unspecified atom stereocenters. The summed E-state index contributed by atoms with van der Waals surface area (Å²) in [5.41, 5.74) is 5.13. The Balaban J connectivity index is 1.85. The lowest BCUT2D eigenvalue weighted by Gasteiger charge is -2.21. The van der Waals surface area contributed by atoms with Crippen LogP contribution in [0.1, 0.15) is 48.1 Å². The second-order valence-corrected chi connectivity index (χ2v) is 8.59. The van der Waals surface area contributed by atoms with Crippen molar-refractivity contribution in [3.05, 3.63) is 75.1 Å². The molecule has 0 radical (unpaired) electrons. The van der Waals surface area contributed by atoms with Crippen molar-refractivity contribution in [3.63, 3.8) is 0 Å². The number of quaternary nitrogens is 2. The number of fused-ring (bicyclic) bond motifs is 1. The summed E-state index contributed by atoms with van der Waals surface area (Å²) in [6.45, 7) is 8.10. The van der Waals surface area contributed by atoms with E-state index in [1.54, 1.807) is 13.2 Å². The Bertz CT molecular complexity index is 1070. The first-order valence-electron chi connectivity index (χ1n) is 10.6. The molecule has 0 fully saturated rings. The molecule has 5 heteroatoms. The lowest BCUT2D eigenvalue weighted by atomic mass is 9.95. The van der Waals surface area contributed by atoms with E-state index in [1.807, 2.05) is 18.2 Å². The maximum atomic E-state index is 12.1. The first-order chi connectivity index (χ1) is 14.3. The molecule has 5 nitrogen and oxygen atoms in total. The van der Waals surface area contributed by atoms with Crippen molar-refractivity contribution in [2.24, 2.45) is 0 Å². The van der Waals surface area contributed by atoms with Crippen molar-refractivity contribution >= 4 is 11.0 Å². The standard InChI is InChI=1S/C25H32N2O3/c1-16(2)21-13-22-19(12-25(28)30-24(22)10-17(21)3)14-26-15-23(27(4)5)18-8-7-9-20(11-18)29-6/h7-13,16,23,26H,14-15H2,1-6H3/p+2/t23-/m1/s1. The third kappa shape index (κ3) is 4.91. The Morgan fingerprint density at radius 1 is 1.13 bits per heavy atom. The van der Waals surface area contributed by atoms with E-state index in [0.29, 0.717) is 17.5 Å². The maximum Gasteiger partial charge on any atom is 0.336 e. The number of nitrogens with two attached hydrogens (primary N) is 1. The molecule has 2 aromatic carbocycles. The SMILES string of the molecule is COc1cccc([C@@H](C[NH2+]Cc2cc(=O)oc3cc(C)c(C(C)C)cc23)[NH+](C)C)c1. The second kappa shape index (κ2) is 9.45. The van der Waals surface area contributed by atoms with Gasteiger partial charge in [0.1, 0.15) is 24.4 Å². The zero-order chi connectivity index (χ0) is 21.8. The monoisotopic (exact) mass is 410 g/mol. The molecule has 0 bridgehead atoms. The van der Waals surface area contributed by atoms with Crippen LogP contribution in [0.25, 0.3) is 11.0 Å². The molecule has 1 atom stereocenters. The quantitative estimate of drug-likeness (QED) is 0.560. The van der Waals surface area contributed by atoms with Gasteiger partial charge in [0.05, 0.1) is 21.2 Å². The van der Waals surface area contributed by atoms with Gasteiger partial charge in [-0.05, 0) is 48.2 Å². The zero-order valence-corrected chi connectivity index (χ0v) is 18.9. The fraction of sp³-hybridized carbons (Fsp3) is 0.400. The number of hydrogen-bond acceptors (Lipinski definition) is 3. The molecule has 0 aliphatic carbocycles. The van der Waals surface area contributed by atoms with Crippen molar-refractivity contribution in [2.45, 2.75) is 39.3 Å². The van der Waals surface area contributed by atoms with Crippen LogP contribution >= 0.6 is 0 Å². The van der Waals surface area contributed by atoms with Crippen LogP contribution in [0.2, 0.25) is 0 Å². The van der Waals surface area contributed by atoms with Crippen LogP contribution in [0, 0.1) is 6.92 Å². The number of rotatable bonds is 8. The molecule has 3 N–H and O–H groups in total. The first kappa shape index (κ1) is 22.1. The molecule has 0 amide bonds. The maximum absolute atomic E-state index is 12.1. The van der Waals surface area contributed by atoms with Crippen LogP contribution < -0.4 is 20.6 Å². The second-order valence-electron chi connectivity index (χ2n) is 8.59. The van der Waals surface area contributed by atoms with Gasteiger partial charge in [0.25, 0.3) is 0 Å². The van der Waals surface area contributed by atoms with Crippen molar-refractivity contribution < 1.29 is 19.4 Å². The van der Waals surface area contributed by atoms with Crippen LogP contribution in [-0.4, -0.2) is 27.7 Å². The minimum atomic E-state index is -0.287. The van der Waals surface area contributed by atoms with Gasteiger partial charge in [-0.25, -0.2) is 4.79 Å². The topological polar surface area (TPSA) is 60.5 Å². The van der Waals surface area contributed by atoms with Gasteiger partial charge in [-0.3, -0.25) is 0 Å². The van der Waals surface area contributed by atoms with E-state index < -0.39 is 0 Å². The van der Waals surface area contributed by atoms with E-state index in [4.69, 9.17) is 9.15 Å². The molecular formula is C25H34N2O3+2. The normalized spacial score (nSPS) is 12.7.